The molecular formula is C25H25N. The van der Waals surface area contributed by atoms with E-state index in [-0.39, 0.29) is 0 Å². The van der Waals surface area contributed by atoms with E-state index in [4.69, 9.17) is 0 Å². The lowest BCUT2D eigenvalue weighted by molar-refractivity contribution is 0.286. The summed E-state index contributed by atoms with van der Waals surface area (Å²) in [6.07, 6.45) is 8.61. The molecule has 0 spiro atoms. The van der Waals surface area contributed by atoms with E-state index in [1.807, 2.05) is 6.07 Å². The Morgan fingerprint density at radius 3 is 1.62 bits per heavy atom. The lowest BCUT2D eigenvalue weighted by Gasteiger charge is -2.21. The zero-order valence-electron chi connectivity index (χ0n) is 15.0. The second kappa shape index (κ2) is 10.2. The van der Waals surface area contributed by atoms with Gasteiger partial charge in [-0.25, -0.2) is 0 Å². The standard InChI is InChI=1S/C25H25N/c1-5-13-23(14-6-1)15-11-4-12-20-26(21-24-16-7-2-8-17-24)22-25-18-9-3-10-19-25/h1-19H,20-22H2/b12-4-,15-11+. The third kappa shape index (κ3) is 6.19. The first-order chi connectivity index (χ1) is 12.9. The van der Waals surface area contributed by atoms with Gasteiger partial charge in [-0.05, 0) is 16.7 Å². The van der Waals surface area contributed by atoms with Gasteiger partial charge in [-0.3, -0.25) is 4.90 Å². The molecule has 3 aromatic carbocycles. The van der Waals surface area contributed by atoms with Crippen LogP contribution in [-0.4, -0.2) is 11.4 Å². The molecule has 0 saturated carbocycles. The molecule has 1 nitrogen and oxygen atoms in total. The first kappa shape index (κ1) is 17.9. The first-order valence-electron chi connectivity index (χ1n) is 9.08. The van der Waals surface area contributed by atoms with Gasteiger partial charge in [-0.2, -0.15) is 0 Å². The second-order valence-corrected chi connectivity index (χ2v) is 6.34. The second-order valence-electron chi connectivity index (χ2n) is 6.34. The van der Waals surface area contributed by atoms with E-state index in [0.29, 0.717) is 0 Å². The SMILES string of the molecule is C(=C/CN(Cc1ccccc1)Cc1ccccc1)/C=C/c1ccccc1. The highest BCUT2D eigenvalue weighted by molar-refractivity contribution is 5.50. The van der Waals surface area contributed by atoms with Crippen LogP contribution in [-0.2, 0) is 13.1 Å². The lowest BCUT2D eigenvalue weighted by atomic mass is 10.1. The Kier molecular flexibility index (Phi) is 7.01. The highest BCUT2D eigenvalue weighted by Gasteiger charge is 2.05. The molecule has 0 saturated heterocycles. The van der Waals surface area contributed by atoms with Crippen molar-refractivity contribution in [2.75, 3.05) is 6.54 Å². The molecule has 26 heavy (non-hydrogen) atoms. The number of hydrogen-bond donors (Lipinski definition) is 0. The third-order valence-corrected chi connectivity index (χ3v) is 4.20. The third-order valence-electron chi connectivity index (χ3n) is 4.20. The van der Waals surface area contributed by atoms with Gasteiger partial charge >= 0.3 is 0 Å². The summed E-state index contributed by atoms with van der Waals surface area (Å²) in [5.41, 5.74) is 3.91. The quantitative estimate of drug-likeness (QED) is 0.458. The molecule has 130 valence electrons. The van der Waals surface area contributed by atoms with Crippen LogP contribution in [0.3, 0.4) is 0 Å². The van der Waals surface area contributed by atoms with Gasteiger partial charge in [0.25, 0.3) is 0 Å². The average molecular weight is 339 g/mol. The van der Waals surface area contributed by atoms with Crippen molar-refractivity contribution < 1.29 is 0 Å². The van der Waals surface area contributed by atoms with Gasteiger partial charge < -0.3 is 0 Å². The van der Waals surface area contributed by atoms with Gasteiger partial charge in [0.1, 0.15) is 0 Å². The molecule has 0 aliphatic rings. The minimum atomic E-state index is 0.920. The van der Waals surface area contributed by atoms with Crippen LogP contribution in [0.2, 0.25) is 0 Å². The van der Waals surface area contributed by atoms with Crippen LogP contribution in [0.15, 0.2) is 109 Å². The predicted molar refractivity (Wildman–Crippen MR) is 112 cm³/mol. The zero-order valence-corrected chi connectivity index (χ0v) is 15.0. The fourth-order valence-electron chi connectivity index (χ4n) is 2.89. The molecule has 0 fully saturated rings. The van der Waals surface area contributed by atoms with Gasteiger partial charge in [-0.1, -0.05) is 115 Å². The minimum Gasteiger partial charge on any atom is -0.291 e. The van der Waals surface area contributed by atoms with Crippen molar-refractivity contribution in [1.29, 1.82) is 0 Å². The van der Waals surface area contributed by atoms with Crippen LogP contribution < -0.4 is 0 Å². The van der Waals surface area contributed by atoms with E-state index in [1.54, 1.807) is 0 Å². The molecule has 3 aromatic rings. The summed E-state index contributed by atoms with van der Waals surface area (Å²) in [5.74, 6) is 0. The number of nitrogens with zero attached hydrogens (tertiary/aromatic N) is 1. The van der Waals surface area contributed by atoms with Crippen LogP contribution >= 0.6 is 0 Å². The van der Waals surface area contributed by atoms with Crippen LogP contribution in [0.25, 0.3) is 6.08 Å². The summed E-state index contributed by atoms with van der Waals surface area (Å²) in [7, 11) is 0. The Labute approximate surface area is 156 Å². The Bertz CT molecular complexity index is 763. The number of benzene rings is 3. The minimum absolute atomic E-state index is 0.920. The van der Waals surface area contributed by atoms with Crippen molar-refractivity contribution in [2.24, 2.45) is 0 Å². The van der Waals surface area contributed by atoms with Crippen molar-refractivity contribution in [3.63, 3.8) is 0 Å². The van der Waals surface area contributed by atoms with Crippen LogP contribution in [0.1, 0.15) is 16.7 Å². The zero-order chi connectivity index (χ0) is 17.9. The van der Waals surface area contributed by atoms with Gasteiger partial charge in [0.2, 0.25) is 0 Å². The highest BCUT2D eigenvalue weighted by atomic mass is 15.1. The summed E-state index contributed by atoms with van der Waals surface area (Å²) in [6.45, 7) is 2.81. The number of allylic oxidation sites excluding steroid dienone is 2. The summed E-state index contributed by atoms with van der Waals surface area (Å²) < 4.78 is 0. The molecule has 0 radical (unpaired) electrons. The molecule has 0 heterocycles. The van der Waals surface area contributed by atoms with E-state index >= 15 is 0 Å². The highest BCUT2D eigenvalue weighted by Crippen LogP contribution is 2.10. The normalized spacial score (nSPS) is 11.6. The maximum absolute atomic E-state index is 2.46. The molecule has 0 amide bonds. The van der Waals surface area contributed by atoms with Crippen molar-refractivity contribution in [3.05, 3.63) is 126 Å². The molecule has 0 N–H and O–H groups in total. The molecule has 0 aromatic heterocycles. The smallest absolute Gasteiger partial charge is 0.0240 e. The summed E-state index contributed by atoms with van der Waals surface area (Å²) >= 11 is 0. The first-order valence-corrected chi connectivity index (χ1v) is 9.08. The van der Waals surface area contributed by atoms with Gasteiger partial charge in [0.05, 0.1) is 0 Å². The van der Waals surface area contributed by atoms with E-state index in [2.05, 4.69) is 114 Å². The molecule has 0 atom stereocenters. The summed E-state index contributed by atoms with van der Waals surface area (Å²) in [5, 5.41) is 0. The topological polar surface area (TPSA) is 3.24 Å². The molecule has 0 bridgehead atoms. The molecule has 0 aliphatic carbocycles. The lowest BCUT2D eigenvalue weighted by Crippen LogP contribution is -2.22. The monoisotopic (exact) mass is 339 g/mol. The van der Waals surface area contributed by atoms with Gasteiger partial charge in [0.15, 0.2) is 0 Å². The Balaban J connectivity index is 1.61. The van der Waals surface area contributed by atoms with Gasteiger partial charge in [0, 0.05) is 19.6 Å². The molecular weight excluding hydrogens is 314 g/mol. The Morgan fingerprint density at radius 1 is 0.577 bits per heavy atom. The van der Waals surface area contributed by atoms with Crippen LogP contribution in [0.4, 0.5) is 0 Å². The van der Waals surface area contributed by atoms with Crippen LogP contribution in [0.5, 0.6) is 0 Å². The summed E-state index contributed by atoms with van der Waals surface area (Å²) in [4.78, 5) is 2.46. The van der Waals surface area contributed by atoms with E-state index in [9.17, 15) is 0 Å². The average Bonchev–Trinajstić information content (AvgIpc) is 2.70. The van der Waals surface area contributed by atoms with Gasteiger partial charge in [-0.15, -0.1) is 0 Å². The molecule has 1 heteroatoms. The molecule has 3 rings (SSSR count). The maximum Gasteiger partial charge on any atom is 0.0240 e. The predicted octanol–water partition coefficient (Wildman–Crippen LogP) is 5.96. The molecule has 0 aliphatic heterocycles. The van der Waals surface area contributed by atoms with Crippen molar-refractivity contribution in [1.82, 2.24) is 4.90 Å². The number of rotatable bonds is 8. The fraction of sp³-hybridized carbons (Fsp3) is 0.120. The Morgan fingerprint density at radius 2 is 1.08 bits per heavy atom. The summed E-state index contributed by atoms with van der Waals surface area (Å²) in [6, 6.07) is 31.7. The number of hydrogen-bond acceptors (Lipinski definition) is 1. The van der Waals surface area contributed by atoms with Crippen molar-refractivity contribution in [3.8, 4) is 0 Å². The maximum atomic E-state index is 2.46. The van der Waals surface area contributed by atoms with E-state index in [1.165, 1.54) is 16.7 Å². The van der Waals surface area contributed by atoms with Crippen LogP contribution in [0, 0.1) is 0 Å². The Hall–Kier alpha value is -2.90. The fourth-order valence-corrected chi connectivity index (χ4v) is 2.89. The molecule has 0 unspecified atom stereocenters. The largest absolute Gasteiger partial charge is 0.291 e. The van der Waals surface area contributed by atoms with E-state index < -0.39 is 0 Å². The van der Waals surface area contributed by atoms with Crippen molar-refractivity contribution >= 4 is 6.08 Å². The van der Waals surface area contributed by atoms with E-state index in [0.717, 1.165) is 19.6 Å². The van der Waals surface area contributed by atoms with Crippen molar-refractivity contribution in [2.45, 2.75) is 13.1 Å².